The number of Topliss-reactive ketones (excluding diaryl/α,β-unsaturated/α-hetero) is 1. The van der Waals surface area contributed by atoms with E-state index in [4.69, 9.17) is 14.2 Å². The fourth-order valence-corrected chi connectivity index (χ4v) is 4.32. The van der Waals surface area contributed by atoms with Crippen molar-refractivity contribution in [2.75, 3.05) is 21.3 Å². The van der Waals surface area contributed by atoms with Gasteiger partial charge in [-0.25, -0.2) is 0 Å². The smallest absolute Gasteiger partial charge is 0.201 e. The van der Waals surface area contributed by atoms with Gasteiger partial charge in [0.1, 0.15) is 0 Å². The van der Waals surface area contributed by atoms with Crippen molar-refractivity contribution in [3.05, 3.63) is 48.8 Å². The molecule has 1 aromatic carbocycles. The van der Waals surface area contributed by atoms with Crippen LogP contribution in [0.2, 0.25) is 0 Å². The number of hydrogen-bond acceptors (Lipinski definition) is 5. The van der Waals surface area contributed by atoms with Crippen LogP contribution < -0.4 is 9.47 Å². The molecule has 1 fully saturated rings. The third-order valence-corrected chi connectivity index (χ3v) is 5.92. The summed E-state index contributed by atoms with van der Waals surface area (Å²) in [7, 11) is 4.68. The molecule has 146 valence electrons. The van der Waals surface area contributed by atoms with Crippen LogP contribution >= 0.6 is 0 Å². The number of para-hydroxylation sites is 2. The molecule has 2 aliphatic rings. The van der Waals surface area contributed by atoms with Crippen LogP contribution in [0.5, 0.6) is 11.5 Å². The molecular weight excluding hydrogens is 344 g/mol. The second-order valence-electron chi connectivity index (χ2n) is 6.95. The van der Waals surface area contributed by atoms with Crippen molar-refractivity contribution in [1.82, 2.24) is 0 Å². The lowest BCUT2D eigenvalue weighted by Crippen LogP contribution is -2.63. The quantitative estimate of drug-likeness (QED) is 0.735. The summed E-state index contributed by atoms with van der Waals surface area (Å²) in [4.78, 5) is 24.5. The number of carbonyl (C=O) groups is 2. The molecule has 0 amide bonds. The molecule has 0 heterocycles. The number of ether oxygens (including phenoxy) is 3. The van der Waals surface area contributed by atoms with Crippen LogP contribution in [-0.2, 0) is 14.3 Å². The largest absolute Gasteiger partial charge is 0.493 e. The summed E-state index contributed by atoms with van der Waals surface area (Å²) >= 11 is 0. The fourth-order valence-electron chi connectivity index (χ4n) is 4.32. The number of methoxy groups -OCH3 is 3. The number of hydrogen-bond donors (Lipinski definition) is 0. The zero-order chi connectivity index (χ0) is 20.2. The average molecular weight is 372 g/mol. The van der Waals surface area contributed by atoms with Crippen LogP contribution in [0.1, 0.15) is 20.3 Å². The van der Waals surface area contributed by atoms with E-state index in [1.165, 1.54) is 13.2 Å². The van der Waals surface area contributed by atoms with Crippen molar-refractivity contribution in [1.29, 1.82) is 0 Å². The summed E-state index contributed by atoms with van der Waals surface area (Å²) < 4.78 is 15.0. The van der Waals surface area contributed by atoms with Crippen LogP contribution in [0.3, 0.4) is 0 Å². The predicted octanol–water partition coefficient (Wildman–Crippen LogP) is 3.84. The van der Waals surface area contributed by atoms with Gasteiger partial charge in [0.25, 0.3) is 0 Å². The Bertz CT molecular complexity index is 728. The molecule has 4 atom stereocenters. The molecule has 0 N–H and O–H groups in total. The molecule has 0 aliphatic heterocycles. The lowest BCUT2D eigenvalue weighted by atomic mass is 9.42. The van der Waals surface area contributed by atoms with E-state index in [1.807, 2.05) is 38.1 Å². The van der Waals surface area contributed by atoms with Gasteiger partial charge in [0, 0.05) is 17.4 Å². The summed E-state index contributed by atoms with van der Waals surface area (Å²) in [6.45, 7) is 7.78. The number of benzene rings is 1. The highest BCUT2D eigenvalue weighted by Crippen LogP contribution is 2.61. The van der Waals surface area contributed by atoms with E-state index in [0.717, 1.165) is 11.5 Å². The molecule has 0 spiro atoms. The highest BCUT2D eigenvalue weighted by molar-refractivity contribution is 6.13. The van der Waals surface area contributed by atoms with Crippen LogP contribution in [0.15, 0.2) is 48.8 Å². The van der Waals surface area contributed by atoms with E-state index in [-0.39, 0.29) is 35.1 Å². The lowest BCUT2D eigenvalue weighted by molar-refractivity contribution is -0.168. The molecule has 5 heteroatoms. The Hall–Kier alpha value is -2.56. The summed E-state index contributed by atoms with van der Waals surface area (Å²) in [6, 6.07) is 7.53. The topological polar surface area (TPSA) is 61.8 Å². The van der Waals surface area contributed by atoms with Crippen molar-refractivity contribution in [2.45, 2.75) is 20.3 Å². The van der Waals surface area contributed by atoms with Gasteiger partial charge in [0.2, 0.25) is 5.78 Å². The first-order chi connectivity index (χ1) is 12.9. The average Bonchev–Trinajstić information content (AvgIpc) is 2.70. The SMILES string of the molecule is C=CC[C@]12C(=O)C=C(OC)C(=O)C1C(C)C2C.COc1ccccc1OC. The highest BCUT2D eigenvalue weighted by Gasteiger charge is 2.65. The molecule has 1 aromatic rings. The molecule has 5 nitrogen and oxygen atoms in total. The van der Waals surface area contributed by atoms with Crippen LogP contribution in [0, 0.1) is 23.2 Å². The maximum atomic E-state index is 12.3. The maximum Gasteiger partial charge on any atom is 0.201 e. The second kappa shape index (κ2) is 8.42. The van der Waals surface area contributed by atoms with E-state index in [0.29, 0.717) is 6.42 Å². The van der Waals surface area contributed by atoms with Gasteiger partial charge in [0.05, 0.1) is 21.3 Å². The van der Waals surface area contributed by atoms with Gasteiger partial charge in [-0.3, -0.25) is 9.59 Å². The van der Waals surface area contributed by atoms with Crippen molar-refractivity contribution in [3.8, 4) is 11.5 Å². The molecule has 0 aromatic heterocycles. The first-order valence-corrected chi connectivity index (χ1v) is 9.01. The Balaban J connectivity index is 0.000000223. The van der Waals surface area contributed by atoms with Crippen molar-refractivity contribution in [2.24, 2.45) is 23.2 Å². The van der Waals surface area contributed by atoms with Crippen LogP contribution in [0.4, 0.5) is 0 Å². The molecule has 0 radical (unpaired) electrons. The molecule has 0 bridgehead atoms. The van der Waals surface area contributed by atoms with E-state index in [1.54, 1.807) is 20.3 Å². The number of carbonyl (C=O) groups excluding carboxylic acids is 2. The van der Waals surface area contributed by atoms with E-state index >= 15 is 0 Å². The Labute approximate surface area is 161 Å². The maximum absolute atomic E-state index is 12.3. The molecule has 3 rings (SSSR count). The van der Waals surface area contributed by atoms with Gasteiger partial charge in [-0.2, -0.15) is 0 Å². The number of rotatable bonds is 5. The second-order valence-corrected chi connectivity index (χ2v) is 6.95. The third kappa shape index (κ3) is 3.38. The molecular formula is C22H28O5. The number of fused-ring (bicyclic) bond motifs is 1. The predicted molar refractivity (Wildman–Crippen MR) is 104 cm³/mol. The molecule has 1 saturated carbocycles. The first kappa shape index (κ1) is 20.7. The molecule has 3 unspecified atom stereocenters. The Morgan fingerprint density at radius 1 is 1.04 bits per heavy atom. The zero-order valence-electron chi connectivity index (χ0n) is 16.7. The Morgan fingerprint density at radius 2 is 1.59 bits per heavy atom. The first-order valence-electron chi connectivity index (χ1n) is 9.01. The van der Waals surface area contributed by atoms with Crippen molar-refractivity contribution >= 4 is 11.6 Å². The highest BCUT2D eigenvalue weighted by atomic mass is 16.5. The van der Waals surface area contributed by atoms with E-state index < -0.39 is 5.41 Å². The van der Waals surface area contributed by atoms with Crippen LogP contribution in [-0.4, -0.2) is 32.9 Å². The standard InChI is InChI=1S/C14H18O3.C8H10O2/c1-5-6-14-9(3)8(2)12(14)13(16)10(17-4)7-11(14)15;1-9-7-5-3-4-6-8(7)10-2/h5,7-9,12H,1,6H2,2-4H3;3-6H,1-2H3/t8?,9?,12?,14-;/m0./s1. The summed E-state index contributed by atoms with van der Waals surface area (Å²) in [5.74, 6) is 1.95. The normalized spacial score (nSPS) is 28.6. The zero-order valence-corrected chi connectivity index (χ0v) is 16.7. The lowest BCUT2D eigenvalue weighted by Gasteiger charge is -2.58. The summed E-state index contributed by atoms with van der Waals surface area (Å²) in [6.07, 6.45) is 3.68. The van der Waals surface area contributed by atoms with Crippen LogP contribution in [0.25, 0.3) is 0 Å². The Morgan fingerprint density at radius 3 is 2.04 bits per heavy atom. The van der Waals surface area contributed by atoms with E-state index in [9.17, 15) is 9.59 Å². The van der Waals surface area contributed by atoms with Gasteiger partial charge in [-0.1, -0.05) is 32.1 Å². The molecule has 2 aliphatic carbocycles. The van der Waals surface area contributed by atoms with Crippen molar-refractivity contribution in [3.63, 3.8) is 0 Å². The monoisotopic (exact) mass is 372 g/mol. The molecule has 27 heavy (non-hydrogen) atoms. The van der Waals surface area contributed by atoms with Gasteiger partial charge in [-0.15, -0.1) is 6.58 Å². The summed E-state index contributed by atoms with van der Waals surface area (Å²) in [5.41, 5.74) is -0.555. The van der Waals surface area contributed by atoms with Gasteiger partial charge < -0.3 is 14.2 Å². The summed E-state index contributed by atoms with van der Waals surface area (Å²) in [5, 5.41) is 0. The minimum absolute atomic E-state index is 0.0180. The van der Waals surface area contributed by atoms with Gasteiger partial charge in [-0.05, 0) is 30.4 Å². The third-order valence-electron chi connectivity index (χ3n) is 5.92. The minimum Gasteiger partial charge on any atom is -0.493 e. The number of allylic oxidation sites excluding steroid dienone is 3. The Kier molecular flexibility index (Phi) is 6.47. The minimum atomic E-state index is -0.555. The van der Waals surface area contributed by atoms with E-state index in [2.05, 4.69) is 6.58 Å². The number of ketones is 2. The van der Waals surface area contributed by atoms with Gasteiger partial charge in [0.15, 0.2) is 23.0 Å². The molecule has 0 saturated heterocycles. The van der Waals surface area contributed by atoms with Crippen molar-refractivity contribution < 1.29 is 23.8 Å². The fraction of sp³-hybridized carbons (Fsp3) is 0.455. The van der Waals surface area contributed by atoms with Gasteiger partial charge >= 0.3 is 0 Å².